The zero-order chi connectivity index (χ0) is 15.3. The van der Waals surface area contributed by atoms with Gasteiger partial charge in [0.2, 0.25) is 11.8 Å². The first-order chi connectivity index (χ1) is 9.17. The summed E-state index contributed by atoms with van der Waals surface area (Å²) in [5.74, 6) is -0.912. The highest BCUT2D eigenvalue weighted by atomic mass is 16.2. The van der Waals surface area contributed by atoms with E-state index >= 15 is 0 Å². The molecule has 0 spiro atoms. The molecule has 0 saturated carbocycles. The summed E-state index contributed by atoms with van der Waals surface area (Å²) in [6.45, 7) is 7.20. The number of imide groups is 1. The fraction of sp³-hybridized carbons (Fsp3) is 0.400. The zero-order valence-corrected chi connectivity index (χ0v) is 12.2. The minimum atomic E-state index is -0.436. The summed E-state index contributed by atoms with van der Waals surface area (Å²) in [5.41, 5.74) is 0.816. The number of anilines is 1. The monoisotopic (exact) mass is 276 g/mol. The first-order valence-corrected chi connectivity index (χ1v) is 6.39. The SMILES string of the molecule is CC(=O)Nc1ccc(C(=O)NC(=O)CC(C)(C)C)cc1. The van der Waals surface area contributed by atoms with E-state index in [9.17, 15) is 14.4 Å². The van der Waals surface area contributed by atoms with E-state index < -0.39 is 5.91 Å². The summed E-state index contributed by atoms with van der Waals surface area (Å²) >= 11 is 0. The highest BCUT2D eigenvalue weighted by molar-refractivity contribution is 6.05. The molecule has 108 valence electrons. The summed E-state index contributed by atoms with van der Waals surface area (Å²) in [6.07, 6.45) is 0.280. The van der Waals surface area contributed by atoms with Gasteiger partial charge in [0.1, 0.15) is 0 Å². The van der Waals surface area contributed by atoms with Crippen molar-refractivity contribution >= 4 is 23.4 Å². The van der Waals surface area contributed by atoms with Crippen molar-refractivity contribution in [2.45, 2.75) is 34.1 Å². The predicted molar refractivity (Wildman–Crippen MR) is 77.3 cm³/mol. The smallest absolute Gasteiger partial charge is 0.257 e. The van der Waals surface area contributed by atoms with Crippen molar-refractivity contribution in [3.05, 3.63) is 29.8 Å². The van der Waals surface area contributed by atoms with Crippen LogP contribution in [0.1, 0.15) is 44.5 Å². The molecule has 3 amide bonds. The minimum absolute atomic E-state index is 0.167. The lowest BCUT2D eigenvalue weighted by molar-refractivity contribution is -0.121. The van der Waals surface area contributed by atoms with E-state index in [0.29, 0.717) is 11.3 Å². The van der Waals surface area contributed by atoms with Gasteiger partial charge in [-0.1, -0.05) is 20.8 Å². The Labute approximate surface area is 118 Å². The summed E-state index contributed by atoms with van der Waals surface area (Å²) < 4.78 is 0. The molecule has 1 aromatic carbocycles. The molecular weight excluding hydrogens is 256 g/mol. The second-order valence-corrected chi connectivity index (χ2v) is 5.87. The maximum atomic E-state index is 11.9. The molecule has 20 heavy (non-hydrogen) atoms. The topological polar surface area (TPSA) is 75.3 Å². The molecule has 0 unspecified atom stereocenters. The Kier molecular flexibility index (Phi) is 5.02. The van der Waals surface area contributed by atoms with Crippen molar-refractivity contribution in [1.29, 1.82) is 0 Å². The van der Waals surface area contributed by atoms with Crippen molar-refractivity contribution < 1.29 is 14.4 Å². The van der Waals surface area contributed by atoms with Gasteiger partial charge in [-0.15, -0.1) is 0 Å². The second-order valence-electron chi connectivity index (χ2n) is 5.87. The third kappa shape index (κ3) is 5.65. The van der Waals surface area contributed by atoms with Gasteiger partial charge in [0, 0.05) is 24.6 Å². The van der Waals surface area contributed by atoms with Gasteiger partial charge >= 0.3 is 0 Å². The number of carbonyl (C=O) groups excluding carboxylic acids is 3. The molecule has 0 aliphatic rings. The Balaban J connectivity index is 2.64. The van der Waals surface area contributed by atoms with Gasteiger partial charge in [-0.25, -0.2) is 0 Å². The number of hydrogen-bond acceptors (Lipinski definition) is 3. The van der Waals surface area contributed by atoms with Gasteiger partial charge < -0.3 is 5.32 Å². The van der Waals surface area contributed by atoms with Gasteiger partial charge in [0.15, 0.2) is 0 Å². The molecule has 0 aliphatic carbocycles. The molecule has 1 rings (SSSR count). The average molecular weight is 276 g/mol. The lowest BCUT2D eigenvalue weighted by Crippen LogP contribution is -2.33. The van der Waals surface area contributed by atoms with Gasteiger partial charge in [-0.2, -0.15) is 0 Å². The molecular formula is C15H20N2O3. The third-order valence-electron chi connectivity index (χ3n) is 2.41. The Bertz CT molecular complexity index is 513. The van der Waals surface area contributed by atoms with E-state index in [0.717, 1.165) is 0 Å². The van der Waals surface area contributed by atoms with Crippen molar-refractivity contribution in [3.8, 4) is 0 Å². The molecule has 0 atom stereocenters. The van der Waals surface area contributed by atoms with Crippen LogP contribution in [0.3, 0.4) is 0 Å². The highest BCUT2D eigenvalue weighted by Crippen LogP contribution is 2.18. The molecule has 0 radical (unpaired) electrons. The number of benzene rings is 1. The van der Waals surface area contributed by atoms with Crippen LogP contribution in [0.2, 0.25) is 0 Å². The fourth-order valence-electron chi connectivity index (χ4n) is 1.63. The number of rotatable bonds is 3. The van der Waals surface area contributed by atoms with Gasteiger partial charge in [0.25, 0.3) is 5.91 Å². The third-order valence-corrected chi connectivity index (χ3v) is 2.41. The molecule has 0 heterocycles. The standard InChI is InChI=1S/C15H20N2O3/c1-10(18)16-12-7-5-11(6-8-12)14(20)17-13(19)9-15(2,3)4/h5-8H,9H2,1-4H3,(H,16,18)(H,17,19,20). The lowest BCUT2D eigenvalue weighted by Gasteiger charge is -2.16. The number of amides is 3. The van der Waals surface area contributed by atoms with E-state index in [4.69, 9.17) is 0 Å². The van der Waals surface area contributed by atoms with E-state index in [1.165, 1.54) is 6.92 Å². The summed E-state index contributed by atoms with van der Waals surface area (Å²) in [5, 5.41) is 4.95. The Morgan fingerprint density at radius 1 is 1.05 bits per heavy atom. The number of carbonyl (C=O) groups is 3. The number of hydrogen-bond donors (Lipinski definition) is 2. The number of nitrogens with one attached hydrogen (secondary N) is 2. The molecule has 0 aliphatic heterocycles. The van der Waals surface area contributed by atoms with Crippen molar-refractivity contribution in [3.63, 3.8) is 0 Å². The van der Waals surface area contributed by atoms with Crippen LogP contribution in [-0.4, -0.2) is 17.7 Å². The molecule has 0 saturated heterocycles. The van der Waals surface area contributed by atoms with Gasteiger partial charge in [0.05, 0.1) is 0 Å². The molecule has 1 aromatic rings. The second kappa shape index (κ2) is 6.32. The van der Waals surface area contributed by atoms with Crippen LogP contribution in [0.4, 0.5) is 5.69 Å². The normalized spacial score (nSPS) is 10.8. The quantitative estimate of drug-likeness (QED) is 0.889. The van der Waals surface area contributed by atoms with Gasteiger partial charge in [-0.05, 0) is 29.7 Å². The highest BCUT2D eigenvalue weighted by Gasteiger charge is 2.18. The fourth-order valence-corrected chi connectivity index (χ4v) is 1.63. The molecule has 5 heteroatoms. The Hall–Kier alpha value is -2.17. The van der Waals surface area contributed by atoms with Crippen LogP contribution in [-0.2, 0) is 9.59 Å². The summed E-state index contributed by atoms with van der Waals surface area (Å²) in [6, 6.07) is 6.35. The van der Waals surface area contributed by atoms with Crippen LogP contribution in [0.5, 0.6) is 0 Å². The van der Waals surface area contributed by atoms with Crippen LogP contribution in [0.25, 0.3) is 0 Å². The first-order valence-electron chi connectivity index (χ1n) is 6.39. The van der Waals surface area contributed by atoms with Crippen molar-refractivity contribution in [1.82, 2.24) is 5.32 Å². The Morgan fingerprint density at radius 3 is 2.05 bits per heavy atom. The van der Waals surface area contributed by atoms with Crippen LogP contribution in [0, 0.1) is 5.41 Å². The maximum absolute atomic E-state index is 11.9. The van der Waals surface area contributed by atoms with Crippen LogP contribution < -0.4 is 10.6 Å². The maximum Gasteiger partial charge on any atom is 0.257 e. The molecule has 2 N–H and O–H groups in total. The van der Waals surface area contributed by atoms with Crippen LogP contribution in [0.15, 0.2) is 24.3 Å². The minimum Gasteiger partial charge on any atom is -0.326 e. The van der Waals surface area contributed by atoms with E-state index in [-0.39, 0.29) is 23.7 Å². The molecule has 0 bridgehead atoms. The summed E-state index contributed by atoms with van der Waals surface area (Å²) in [7, 11) is 0. The lowest BCUT2D eigenvalue weighted by atomic mass is 9.92. The summed E-state index contributed by atoms with van der Waals surface area (Å²) in [4.78, 5) is 34.4. The van der Waals surface area contributed by atoms with Crippen molar-refractivity contribution in [2.75, 3.05) is 5.32 Å². The van der Waals surface area contributed by atoms with E-state index in [1.807, 2.05) is 20.8 Å². The molecule has 5 nitrogen and oxygen atoms in total. The van der Waals surface area contributed by atoms with E-state index in [1.54, 1.807) is 24.3 Å². The first kappa shape index (κ1) is 15.9. The largest absolute Gasteiger partial charge is 0.326 e. The van der Waals surface area contributed by atoms with Gasteiger partial charge in [-0.3, -0.25) is 19.7 Å². The molecule has 0 aromatic heterocycles. The molecule has 0 fully saturated rings. The van der Waals surface area contributed by atoms with Crippen LogP contribution >= 0.6 is 0 Å². The predicted octanol–water partition coefficient (Wildman–Crippen LogP) is 2.34. The average Bonchev–Trinajstić information content (AvgIpc) is 2.26. The zero-order valence-electron chi connectivity index (χ0n) is 12.2. The Morgan fingerprint density at radius 2 is 1.60 bits per heavy atom. The van der Waals surface area contributed by atoms with Crippen molar-refractivity contribution in [2.24, 2.45) is 5.41 Å². The van der Waals surface area contributed by atoms with E-state index in [2.05, 4.69) is 10.6 Å².